The molecule has 0 radical (unpaired) electrons. The molecular weight excluding hydrogens is 607 g/mol. The van der Waals surface area contributed by atoms with Crippen molar-refractivity contribution in [3.63, 3.8) is 0 Å². The van der Waals surface area contributed by atoms with E-state index >= 15 is 0 Å². The van der Waals surface area contributed by atoms with Gasteiger partial charge in [0.15, 0.2) is 0 Å². The van der Waals surface area contributed by atoms with E-state index in [-0.39, 0.29) is 18.0 Å². The van der Waals surface area contributed by atoms with Crippen LogP contribution < -0.4 is 20.3 Å². The van der Waals surface area contributed by atoms with Crippen LogP contribution in [0.15, 0.2) is 97.1 Å². The number of ether oxygens (including phenoxy) is 2. The van der Waals surface area contributed by atoms with Crippen molar-refractivity contribution in [1.82, 2.24) is 15.6 Å². The van der Waals surface area contributed by atoms with Crippen molar-refractivity contribution in [1.29, 1.82) is 0 Å². The molecule has 0 unspecified atom stereocenters. The molecule has 2 amide bonds. The summed E-state index contributed by atoms with van der Waals surface area (Å²) >= 11 is 0. The first-order valence-electron chi connectivity index (χ1n) is 16.2. The molecule has 5 aromatic rings. The Morgan fingerprint density at radius 1 is 0.896 bits per heavy atom. The number of hydrogen-bond acceptors (Lipinski definition) is 5. The minimum absolute atomic E-state index is 0.0851. The Labute approximate surface area is 280 Å². The van der Waals surface area contributed by atoms with Gasteiger partial charge in [0, 0.05) is 47.2 Å². The molecule has 0 saturated carbocycles. The number of methoxy groups -OCH3 is 1. The third kappa shape index (κ3) is 7.62. The number of carbonyl (C=O) groups excluding carboxylic acids is 2. The number of carbonyl (C=O) groups is 2. The number of rotatable bonds is 8. The maximum Gasteiger partial charge on any atom is 0.407 e. The highest BCUT2D eigenvalue weighted by Gasteiger charge is 2.25. The molecule has 1 aliphatic rings. The van der Waals surface area contributed by atoms with E-state index in [4.69, 9.17) is 9.47 Å². The molecule has 0 aliphatic carbocycles. The highest BCUT2D eigenvalue weighted by atomic mass is 19.1. The van der Waals surface area contributed by atoms with E-state index in [0.717, 1.165) is 53.6 Å². The Hall–Kier alpha value is -5.31. The van der Waals surface area contributed by atoms with Gasteiger partial charge in [0.25, 0.3) is 5.91 Å². The molecule has 6 rings (SSSR count). The van der Waals surface area contributed by atoms with Crippen LogP contribution in [0, 0.1) is 5.82 Å². The summed E-state index contributed by atoms with van der Waals surface area (Å²) in [5.41, 5.74) is 5.08. The monoisotopic (exact) mass is 648 g/mol. The van der Waals surface area contributed by atoms with Crippen LogP contribution in [0.25, 0.3) is 22.0 Å². The van der Waals surface area contributed by atoms with Crippen LogP contribution in [-0.2, 0) is 4.74 Å². The van der Waals surface area contributed by atoms with E-state index in [2.05, 4.69) is 44.8 Å². The van der Waals surface area contributed by atoms with Crippen LogP contribution in [0.2, 0.25) is 0 Å². The number of para-hydroxylation sites is 1. The number of halogens is 1. The summed E-state index contributed by atoms with van der Waals surface area (Å²) < 4.78 is 25.5. The van der Waals surface area contributed by atoms with Gasteiger partial charge in [-0.2, -0.15) is 0 Å². The van der Waals surface area contributed by atoms with Gasteiger partial charge in [-0.1, -0.05) is 42.5 Å². The second kappa shape index (κ2) is 13.8. The number of aromatic amines is 1. The lowest BCUT2D eigenvalue weighted by molar-refractivity contribution is 0.0497. The lowest BCUT2D eigenvalue weighted by atomic mass is 9.99. The Bertz CT molecular complexity index is 1870. The molecule has 1 atom stereocenters. The molecule has 1 aliphatic heterocycles. The number of nitrogens with zero attached hydrogens (tertiary/aromatic N) is 1. The van der Waals surface area contributed by atoms with Gasteiger partial charge >= 0.3 is 6.09 Å². The number of fused-ring (bicyclic) bond motifs is 1. The van der Waals surface area contributed by atoms with Crippen molar-refractivity contribution >= 4 is 28.6 Å². The Balaban J connectivity index is 1.16. The molecule has 248 valence electrons. The van der Waals surface area contributed by atoms with Crippen LogP contribution >= 0.6 is 0 Å². The zero-order valence-electron chi connectivity index (χ0n) is 27.7. The molecule has 48 heavy (non-hydrogen) atoms. The van der Waals surface area contributed by atoms with E-state index in [9.17, 15) is 14.0 Å². The number of hydrogen-bond donors (Lipinski definition) is 3. The number of piperidine rings is 1. The fraction of sp³-hybridized carbons (Fsp3) is 0.282. The number of nitrogens with one attached hydrogen (secondary N) is 3. The molecule has 0 spiro atoms. The number of benzene rings is 4. The van der Waals surface area contributed by atoms with Gasteiger partial charge in [0.1, 0.15) is 17.2 Å². The molecule has 1 aromatic heterocycles. The topological polar surface area (TPSA) is 95.7 Å². The van der Waals surface area contributed by atoms with Crippen molar-refractivity contribution in [2.75, 3.05) is 25.1 Å². The van der Waals surface area contributed by atoms with Crippen molar-refractivity contribution in [2.45, 2.75) is 51.3 Å². The number of anilines is 1. The quantitative estimate of drug-likeness (QED) is 0.159. The first-order chi connectivity index (χ1) is 23.1. The zero-order chi connectivity index (χ0) is 33.8. The number of H-pyrrole nitrogens is 1. The van der Waals surface area contributed by atoms with Crippen molar-refractivity contribution in [2.24, 2.45) is 0 Å². The normalized spacial score (nSPS) is 14.4. The molecule has 0 bridgehead atoms. The molecule has 2 heterocycles. The van der Waals surface area contributed by atoms with Crippen molar-refractivity contribution < 1.29 is 23.5 Å². The van der Waals surface area contributed by atoms with Gasteiger partial charge < -0.3 is 30.0 Å². The van der Waals surface area contributed by atoms with Crippen molar-refractivity contribution in [3.8, 4) is 16.9 Å². The summed E-state index contributed by atoms with van der Waals surface area (Å²) in [5, 5.41) is 7.10. The fourth-order valence-electron chi connectivity index (χ4n) is 6.18. The standard InChI is InChI=1S/C39H41FN4O4/c1-39(2,3)48-38(46)41-30-18-20-44(21-19-30)31-15-12-25(13-16-31)26-9-7-10-28(22-26)37(45)43-36(32-24-29(40)14-17-35(32)47-4)34-23-27-8-5-6-11-33(27)42-34/h5-17,22-24,30,36,42H,18-21H2,1-4H3,(H,41,46)(H,43,45)/t36-/m1/s1. The summed E-state index contributed by atoms with van der Waals surface area (Å²) in [5.74, 6) is -0.252. The second-order valence-corrected chi connectivity index (χ2v) is 13.1. The van der Waals surface area contributed by atoms with Crippen LogP contribution in [-0.4, -0.2) is 48.8 Å². The van der Waals surface area contributed by atoms with Crippen molar-refractivity contribution in [3.05, 3.63) is 120 Å². The molecule has 1 saturated heterocycles. The van der Waals surface area contributed by atoms with E-state index < -0.39 is 17.5 Å². The Morgan fingerprint density at radius 3 is 2.35 bits per heavy atom. The summed E-state index contributed by atoms with van der Waals surface area (Å²) in [7, 11) is 1.53. The average Bonchev–Trinajstić information content (AvgIpc) is 3.51. The third-order valence-electron chi connectivity index (χ3n) is 8.55. The number of aromatic nitrogens is 1. The maximum absolute atomic E-state index is 14.5. The summed E-state index contributed by atoms with van der Waals surface area (Å²) in [4.78, 5) is 31.7. The highest BCUT2D eigenvalue weighted by molar-refractivity contribution is 5.96. The minimum Gasteiger partial charge on any atom is -0.496 e. The van der Waals surface area contributed by atoms with Gasteiger partial charge in [-0.05, 0) is 105 Å². The molecule has 3 N–H and O–H groups in total. The largest absolute Gasteiger partial charge is 0.496 e. The fourth-order valence-corrected chi connectivity index (χ4v) is 6.18. The number of amides is 2. The van der Waals surface area contributed by atoms with Gasteiger partial charge in [0.2, 0.25) is 0 Å². The van der Waals surface area contributed by atoms with Crippen LogP contribution in [0.1, 0.15) is 61.3 Å². The van der Waals surface area contributed by atoms with Gasteiger partial charge in [0.05, 0.1) is 13.2 Å². The van der Waals surface area contributed by atoms with E-state index in [1.807, 2.05) is 69.3 Å². The summed E-state index contributed by atoms with van der Waals surface area (Å²) in [6, 6.07) is 29.3. The maximum atomic E-state index is 14.5. The van der Waals surface area contributed by atoms with Gasteiger partial charge in [-0.3, -0.25) is 4.79 Å². The predicted molar refractivity (Wildman–Crippen MR) is 187 cm³/mol. The molecular formula is C39H41FN4O4. The van der Waals surface area contributed by atoms with E-state index in [0.29, 0.717) is 22.6 Å². The van der Waals surface area contributed by atoms with E-state index in [1.165, 1.54) is 19.2 Å². The zero-order valence-corrected chi connectivity index (χ0v) is 27.7. The van der Waals surface area contributed by atoms with Gasteiger partial charge in [-0.15, -0.1) is 0 Å². The Morgan fingerprint density at radius 2 is 1.65 bits per heavy atom. The summed E-state index contributed by atoms with van der Waals surface area (Å²) in [6.45, 7) is 7.22. The second-order valence-electron chi connectivity index (χ2n) is 13.1. The smallest absolute Gasteiger partial charge is 0.407 e. The molecule has 9 heteroatoms. The first kappa shape index (κ1) is 32.6. The lowest BCUT2D eigenvalue weighted by Crippen LogP contribution is -2.46. The SMILES string of the molecule is COc1ccc(F)cc1[C@@H](NC(=O)c1cccc(-c2ccc(N3CCC(NC(=O)OC(C)(C)C)CC3)cc2)c1)c1cc2ccccc2[nH]1. The predicted octanol–water partition coefficient (Wildman–Crippen LogP) is 8.00. The van der Waals surface area contributed by atoms with Crippen LogP contribution in [0.4, 0.5) is 14.9 Å². The van der Waals surface area contributed by atoms with Crippen LogP contribution in [0.3, 0.4) is 0 Å². The molecule has 1 fully saturated rings. The van der Waals surface area contributed by atoms with Gasteiger partial charge in [-0.25, -0.2) is 9.18 Å². The first-order valence-corrected chi connectivity index (χ1v) is 16.2. The third-order valence-corrected chi connectivity index (χ3v) is 8.55. The van der Waals surface area contributed by atoms with E-state index in [1.54, 1.807) is 12.1 Å². The molecule has 4 aromatic carbocycles. The molecule has 8 nitrogen and oxygen atoms in total. The average molecular weight is 649 g/mol. The summed E-state index contributed by atoms with van der Waals surface area (Å²) in [6.07, 6.45) is 1.29. The highest BCUT2D eigenvalue weighted by Crippen LogP contribution is 2.33. The lowest BCUT2D eigenvalue weighted by Gasteiger charge is -2.34. The van der Waals surface area contributed by atoms with Crippen LogP contribution in [0.5, 0.6) is 5.75 Å². The minimum atomic E-state index is -0.693. The Kier molecular flexibility index (Phi) is 9.39. The number of alkyl carbamates (subject to hydrolysis) is 1.